The van der Waals surface area contributed by atoms with Crippen LogP contribution >= 0.6 is 0 Å². The third-order valence-electron chi connectivity index (χ3n) is 13.8. The van der Waals surface area contributed by atoms with Gasteiger partial charge in [-0.2, -0.15) is 5.26 Å². The third kappa shape index (κ3) is 5.14. The highest BCUT2D eigenvalue weighted by molar-refractivity contribution is 6.05. The Bertz CT molecular complexity index is 2300. The summed E-state index contributed by atoms with van der Waals surface area (Å²) in [6.45, 7) is 9.16. The molecule has 2 N–H and O–H groups in total. The van der Waals surface area contributed by atoms with Crippen molar-refractivity contribution in [3.05, 3.63) is 105 Å². The average Bonchev–Trinajstić information content (AvgIpc) is 3.40. The van der Waals surface area contributed by atoms with Crippen molar-refractivity contribution in [3.8, 4) is 17.2 Å². The number of hydrogen-bond acceptors (Lipinski definition) is 9. The Morgan fingerprint density at radius 2 is 1.82 bits per heavy atom. The predicted molar refractivity (Wildman–Crippen MR) is 204 cm³/mol. The Morgan fingerprint density at radius 1 is 1.00 bits per heavy atom. The molecule has 4 saturated heterocycles. The van der Waals surface area contributed by atoms with Crippen LogP contribution in [0.15, 0.2) is 65.2 Å². The molecule has 6 atom stereocenters. The summed E-state index contributed by atoms with van der Waals surface area (Å²) in [7, 11) is 0. The molecule has 1 spiro atoms. The van der Waals surface area contributed by atoms with Crippen LogP contribution in [0.4, 0.5) is 5.69 Å². The molecule has 10 rings (SSSR count). The maximum Gasteiger partial charge on any atom is 0.255 e. The number of imide groups is 1. The van der Waals surface area contributed by atoms with Gasteiger partial charge in [-0.15, -0.1) is 0 Å². The number of carbonyl (C=O) groups is 3. The molecule has 11 heteroatoms. The molecule has 55 heavy (non-hydrogen) atoms. The van der Waals surface area contributed by atoms with E-state index in [-0.39, 0.29) is 47.3 Å². The highest BCUT2D eigenvalue weighted by atomic mass is 16.5. The van der Waals surface area contributed by atoms with Crippen LogP contribution in [0.2, 0.25) is 0 Å². The SMILES string of the molecule is Cc1ccc(-c2c(C)noc2C)cc1CN1CC(Nc2ccc(C3(C#N)CC3)cc2)C12C1CCN2C(c2ccc3c(c2)C(=O)N(C2CCC(=O)NC2=O)C3)C1. The topological polar surface area (TPSA) is 135 Å². The summed E-state index contributed by atoms with van der Waals surface area (Å²) < 4.78 is 5.54. The van der Waals surface area contributed by atoms with Crippen LogP contribution in [0.25, 0.3) is 11.1 Å². The van der Waals surface area contributed by atoms with Crippen molar-refractivity contribution in [2.75, 3.05) is 18.4 Å². The number of amides is 3. The number of carbonyl (C=O) groups excluding carboxylic acids is 3. The van der Waals surface area contributed by atoms with Crippen molar-refractivity contribution in [1.29, 1.82) is 5.26 Å². The lowest BCUT2D eigenvalue weighted by Crippen LogP contribution is -2.77. The Labute approximate surface area is 320 Å². The van der Waals surface area contributed by atoms with Gasteiger partial charge in [0.05, 0.1) is 28.9 Å². The first-order valence-electron chi connectivity index (χ1n) is 19.7. The monoisotopic (exact) mass is 735 g/mol. The zero-order valence-electron chi connectivity index (χ0n) is 31.5. The predicted octanol–water partition coefficient (Wildman–Crippen LogP) is 6.04. The highest BCUT2D eigenvalue weighted by Gasteiger charge is 2.69. The number of rotatable bonds is 8. The van der Waals surface area contributed by atoms with Gasteiger partial charge in [-0.3, -0.25) is 29.5 Å². The van der Waals surface area contributed by atoms with E-state index in [1.165, 1.54) is 11.1 Å². The Balaban J connectivity index is 0.967. The maximum atomic E-state index is 13.9. The number of piperidine rings is 2. The van der Waals surface area contributed by atoms with Gasteiger partial charge in [-0.05, 0) is 116 Å². The molecular formula is C44H45N7O4. The Morgan fingerprint density at radius 3 is 2.55 bits per heavy atom. The molecule has 6 unspecified atom stereocenters. The molecule has 4 aromatic rings. The standard InChI is InChI=1S/C44H45N7O4/c1-25-4-5-29(40-26(2)48-55-27(40)3)18-31(25)21-49-23-38(46-34-10-8-32(9-11-34)43(24-45)15-16-43)44(49)33-14-17-51(44)37(20-33)28-6-7-30-22-50(42(54)35(30)19-28)36-12-13-39(52)47-41(36)53/h4-11,18-19,33,36-38,46H,12-17,20-23H2,1-3H3,(H,47,52,53). The van der Waals surface area contributed by atoms with Gasteiger partial charge in [0, 0.05) is 55.5 Å². The lowest BCUT2D eigenvalue weighted by Gasteiger charge is -2.61. The van der Waals surface area contributed by atoms with Gasteiger partial charge in [0.15, 0.2) is 0 Å². The summed E-state index contributed by atoms with van der Waals surface area (Å²) in [5.74, 6) is 0.426. The van der Waals surface area contributed by atoms with Crippen molar-refractivity contribution in [1.82, 2.24) is 25.2 Å². The van der Waals surface area contributed by atoms with Gasteiger partial charge in [-0.25, -0.2) is 0 Å². The average molecular weight is 736 g/mol. The zero-order valence-corrected chi connectivity index (χ0v) is 31.5. The minimum atomic E-state index is -0.630. The number of aromatic nitrogens is 1. The van der Waals surface area contributed by atoms with Crippen LogP contribution < -0.4 is 10.6 Å². The van der Waals surface area contributed by atoms with Crippen molar-refractivity contribution in [2.45, 2.75) is 102 Å². The number of fused-ring (bicyclic) bond motifs is 1. The molecule has 6 aliphatic rings. The molecule has 1 aliphatic carbocycles. The van der Waals surface area contributed by atoms with Crippen molar-refractivity contribution < 1.29 is 18.9 Å². The molecule has 5 aliphatic heterocycles. The number of nitrogens with one attached hydrogen (secondary N) is 2. The number of nitriles is 1. The fourth-order valence-electron chi connectivity index (χ4n) is 10.8. The van der Waals surface area contributed by atoms with Crippen LogP contribution in [-0.4, -0.2) is 68.4 Å². The summed E-state index contributed by atoms with van der Waals surface area (Å²) >= 11 is 0. The molecule has 5 fully saturated rings. The van der Waals surface area contributed by atoms with Crippen molar-refractivity contribution >= 4 is 23.4 Å². The first-order chi connectivity index (χ1) is 26.6. The quantitative estimate of drug-likeness (QED) is 0.208. The Hall–Kier alpha value is -5.31. The van der Waals surface area contributed by atoms with Crippen LogP contribution in [0.5, 0.6) is 0 Å². The normalized spacial score (nSPS) is 28.9. The zero-order chi connectivity index (χ0) is 37.8. The third-order valence-corrected chi connectivity index (χ3v) is 13.8. The van der Waals surface area contributed by atoms with E-state index in [2.05, 4.69) is 99.2 Å². The van der Waals surface area contributed by atoms with E-state index in [0.29, 0.717) is 24.4 Å². The molecule has 1 saturated carbocycles. The molecular weight excluding hydrogens is 691 g/mol. The first-order valence-corrected chi connectivity index (χ1v) is 19.7. The number of likely N-dealkylation sites (tertiary alicyclic amines) is 1. The van der Waals surface area contributed by atoms with E-state index >= 15 is 0 Å². The minimum absolute atomic E-state index is 0.134. The summed E-state index contributed by atoms with van der Waals surface area (Å²) in [4.78, 5) is 45.4. The smallest absolute Gasteiger partial charge is 0.255 e. The second-order valence-corrected chi connectivity index (χ2v) is 16.7. The van der Waals surface area contributed by atoms with Gasteiger partial charge in [0.25, 0.3) is 5.91 Å². The Kier molecular flexibility index (Phi) is 7.68. The van der Waals surface area contributed by atoms with Gasteiger partial charge in [0.1, 0.15) is 11.8 Å². The van der Waals surface area contributed by atoms with Gasteiger partial charge < -0.3 is 14.7 Å². The van der Waals surface area contributed by atoms with Gasteiger partial charge in [-0.1, -0.05) is 41.6 Å². The largest absolute Gasteiger partial charge is 0.378 e. The van der Waals surface area contributed by atoms with Crippen molar-refractivity contribution in [2.24, 2.45) is 5.92 Å². The molecule has 2 bridgehead atoms. The van der Waals surface area contributed by atoms with Gasteiger partial charge >= 0.3 is 0 Å². The number of aryl methyl sites for hydroxylation is 3. The van der Waals surface area contributed by atoms with Gasteiger partial charge in [0.2, 0.25) is 11.8 Å². The van der Waals surface area contributed by atoms with Crippen LogP contribution in [0, 0.1) is 38.0 Å². The highest BCUT2D eigenvalue weighted by Crippen LogP contribution is 2.60. The second kappa shape index (κ2) is 12.4. The molecule has 280 valence electrons. The van der Waals surface area contributed by atoms with E-state index < -0.39 is 6.04 Å². The molecule has 0 radical (unpaired) electrons. The number of anilines is 1. The van der Waals surface area contributed by atoms with E-state index in [1.807, 2.05) is 13.8 Å². The molecule has 11 nitrogen and oxygen atoms in total. The fraction of sp³-hybridized carbons (Fsp3) is 0.432. The number of benzene rings is 3. The van der Waals surface area contributed by atoms with E-state index in [1.54, 1.807) is 4.90 Å². The minimum Gasteiger partial charge on any atom is -0.378 e. The maximum absolute atomic E-state index is 13.9. The fourth-order valence-corrected chi connectivity index (χ4v) is 10.8. The molecule has 1 aromatic heterocycles. The summed E-state index contributed by atoms with van der Waals surface area (Å²) in [6.07, 6.45) is 4.53. The number of nitrogens with zero attached hydrogens (tertiary/aromatic N) is 5. The van der Waals surface area contributed by atoms with Crippen LogP contribution in [0.1, 0.15) is 94.2 Å². The van der Waals surface area contributed by atoms with E-state index in [9.17, 15) is 19.6 Å². The molecule has 3 aromatic carbocycles. The second-order valence-electron chi connectivity index (χ2n) is 16.7. The van der Waals surface area contributed by atoms with Crippen LogP contribution in [-0.2, 0) is 28.1 Å². The summed E-state index contributed by atoms with van der Waals surface area (Å²) in [5, 5.41) is 20.4. The molecule has 6 heterocycles. The summed E-state index contributed by atoms with van der Waals surface area (Å²) in [6, 6.07) is 23.7. The lowest BCUT2D eigenvalue weighted by molar-refractivity contribution is -0.136. The molecule has 3 amide bonds. The first kappa shape index (κ1) is 34.2. The number of hydrogen-bond donors (Lipinski definition) is 2. The van der Waals surface area contributed by atoms with Crippen LogP contribution in [0.3, 0.4) is 0 Å². The lowest BCUT2D eigenvalue weighted by atomic mass is 9.77. The summed E-state index contributed by atoms with van der Waals surface area (Å²) in [5.41, 5.74) is 9.94. The van der Waals surface area contributed by atoms with E-state index in [4.69, 9.17) is 4.52 Å². The van der Waals surface area contributed by atoms with Crippen molar-refractivity contribution in [3.63, 3.8) is 0 Å². The van der Waals surface area contributed by atoms with E-state index in [0.717, 1.165) is 90.3 Å².